The number of hydrogen-bond acceptors (Lipinski definition) is 2. The average Bonchev–Trinajstić information content (AvgIpc) is 3.14. The fourth-order valence-electron chi connectivity index (χ4n) is 2.93. The smallest absolute Gasteiger partial charge is 0.196 e. The molecule has 1 aromatic heterocycles. The summed E-state index contributed by atoms with van der Waals surface area (Å²) in [5, 5.41) is 6.29. The lowest BCUT2D eigenvalue weighted by molar-refractivity contribution is 0.103. The van der Waals surface area contributed by atoms with Crippen molar-refractivity contribution >= 4 is 40.6 Å². The molecule has 4 aromatic rings. The normalized spacial score (nSPS) is 10.8. The van der Waals surface area contributed by atoms with Gasteiger partial charge in [-0.2, -0.15) is 5.10 Å². The Morgan fingerprint density at radius 1 is 0.714 bits per heavy atom. The molecule has 1 heterocycles. The summed E-state index contributed by atoms with van der Waals surface area (Å²) in [6, 6.07) is 21.4. The van der Waals surface area contributed by atoms with Gasteiger partial charge in [0.15, 0.2) is 5.78 Å². The number of aromatic nitrogens is 2. The fourth-order valence-corrected chi connectivity index (χ4v) is 3.31. The van der Waals surface area contributed by atoms with E-state index in [1.807, 2.05) is 24.3 Å². The highest BCUT2D eigenvalue weighted by molar-refractivity contribution is 6.31. The number of carbonyl (C=O) groups is 1. The molecule has 3 aromatic carbocycles. The van der Waals surface area contributed by atoms with Gasteiger partial charge in [-0.3, -0.25) is 4.79 Å². The molecule has 0 amide bonds. The van der Waals surface area contributed by atoms with Crippen molar-refractivity contribution in [2.75, 3.05) is 0 Å². The van der Waals surface area contributed by atoms with Crippen molar-refractivity contribution in [3.63, 3.8) is 0 Å². The van der Waals surface area contributed by atoms with Crippen LogP contribution in [0.25, 0.3) is 16.9 Å². The summed E-state index contributed by atoms with van der Waals surface area (Å²) in [7, 11) is 0. The Hall–Kier alpha value is -2.59. The van der Waals surface area contributed by atoms with Gasteiger partial charge in [0.05, 0.1) is 23.1 Å². The molecule has 0 radical (unpaired) electrons. The van der Waals surface area contributed by atoms with Crippen LogP contribution in [0.15, 0.2) is 79.0 Å². The Balaban J connectivity index is 1.89. The highest BCUT2D eigenvalue weighted by Gasteiger charge is 2.21. The lowest BCUT2D eigenvalue weighted by Gasteiger charge is -2.10. The topological polar surface area (TPSA) is 34.9 Å². The summed E-state index contributed by atoms with van der Waals surface area (Å²) in [5.74, 6) is -0.137. The van der Waals surface area contributed by atoms with Gasteiger partial charge >= 0.3 is 0 Å². The van der Waals surface area contributed by atoms with E-state index < -0.39 is 0 Å². The van der Waals surface area contributed by atoms with E-state index >= 15 is 0 Å². The maximum atomic E-state index is 13.2. The maximum absolute atomic E-state index is 13.2. The summed E-state index contributed by atoms with van der Waals surface area (Å²) < 4.78 is 1.72. The van der Waals surface area contributed by atoms with Crippen LogP contribution in [-0.4, -0.2) is 15.6 Å². The van der Waals surface area contributed by atoms with Gasteiger partial charge < -0.3 is 0 Å². The zero-order chi connectivity index (χ0) is 19.7. The van der Waals surface area contributed by atoms with Crippen LogP contribution in [0.4, 0.5) is 0 Å². The minimum atomic E-state index is -0.137. The van der Waals surface area contributed by atoms with Gasteiger partial charge in [0.25, 0.3) is 0 Å². The second-order valence-corrected chi connectivity index (χ2v) is 7.45. The van der Waals surface area contributed by atoms with Crippen molar-refractivity contribution < 1.29 is 4.79 Å². The van der Waals surface area contributed by atoms with Gasteiger partial charge in [-0.05, 0) is 60.7 Å². The van der Waals surface area contributed by atoms with Gasteiger partial charge in [-0.1, -0.05) is 46.9 Å². The molecule has 0 aliphatic carbocycles. The zero-order valence-electron chi connectivity index (χ0n) is 14.4. The van der Waals surface area contributed by atoms with E-state index in [0.29, 0.717) is 31.9 Å². The van der Waals surface area contributed by atoms with Gasteiger partial charge in [0, 0.05) is 26.2 Å². The number of hydrogen-bond donors (Lipinski definition) is 0. The Morgan fingerprint density at radius 2 is 1.21 bits per heavy atom. The molecule has 4 rings (SSSR count). The third-order valence-corrected chi connectivity index (χ3v) is 5.07. The molecule has 28 heavy (non-hydrogen) atoms. The predicted octanol–water partition coefficient (Wildman–Crippen LogP) is 6.73. The van der Waals surface area contributed by atoms with E-state index in [0.717, 1.165) is 11.3 Å². The predicted molar refractivity (Wildman–Crippen MR) is 114 cm³/mol. The Labute approximate surface area is 177 Å². The lowest BCUT2D eigenvalue weighted by Crippen LogP contribution is -2.05. The second kappa shape index (κ2) is 7.80. The molecular formula is C22H13Cl3N2O. The minimum absolute atomic E-state index is 0.137. The van der Waals surface area contributed by atoms with Crippen LogP contribution in [0.2, 0.25) is 15.1 Å². The first-order chi connectivity index (χ1) is 13.5. The van der Waals surface area contributed by atoms with Gasteiger partial charge in [0.2, 0.25) is 0 Å². The molecule has 0 saturated carbocycles. The van der Waals surface area contributed by atoms with Crippen LogP contribution in [0, 0.1) is 0 Å². The summed E-state index contributed by atoms with van der Waals surface area (Å²) in [5.41, 5.74) is 3.33. The molecule has 0 unspecified atom stereocenters. The summed E-state index contributed by atoms with van der Waals surface area (Å²) in [6.45, 7) is 0. The summed E-state index contributed by atoms with van der Waals surface area (Å²) in [4.78, 5) is 13.2. The molecule has 0 N–H and O–H groups in total. The van der Waals surface area contributed by atoms with Crippen molar-refractivity contribution in [1.82, 2.24) is 9.78 Å². The van der Waals surface area contributed by atoms with Gasteiger partial charge in [0.1, 0.15) is 0 Å². The van der Waals surface area contributed by atoms with Crippen LogP contribution in [0.5, 0.6) is 0 Å². The highest BCUT2D eigenvalue weighted by atomic mass is 35.5. The first kappa shape index (κ1) is 18.8. The van der Waals surface area contributed by atoms with E-state index in [9.17, 15) is 4.79 Å². The van der Waals surface area contributed by atoms with Crippen LogP contribution in [0.3, 0.4) is 0 Å². The van der Waals surface area contributed by atoms with Crippen molar-refractivity contribution in [2.24, 2.45) is 0 Å². The lowest BCUT2D eigenvalue weighted by atomic mass is 10.00. The first-order valence-electron chi connectivity index (χ1n) is 8.43. The van der Waals surface area contributed by atoms with Crippen molar-refractivity contribution in [3.8, 4) is 16.9 Å². The van der Waals surface area contributed by atoms with E-state index in [1.165, 1.54) is 0 Å². The summed E-state index contributed by atoms with van der Waals surface area (Å²) in [6.07, 6.45) is 1.58. The van der Waals surface area contributed by atoms with E-state index in [-0.39, 0.29) is 5.78 Å². The molecule has 0 spiro atoms. The number of ketones is 1. The molecular weight excluding hydrogens is 415 g/mol. The van der Waals surface area contributed by atoms with E-state index in [4.69, 9.17) is 34.8 Å². The molecule has 0 atom stereocenters. The van der Waals surface area contributed by atoms with Gasteiger partial charge in [-0.15, -0.1) is 0 Å². The van der Waals surface area contributed by atoms with E-state index in [1.54, 1.807) is 59.4 Å². The van der Waals surface area contributed by atoms with Crippen LogP contribution >= 0.6 is 34.8 Å². The maximum Gasteiger partial charge on any atom is 0.196 e. The molecule has 0 saturated heterocycles. The van der Waals surface area contributed by atoms with Crippen LogP contribution in [-0.2, 0) is 0 Å². The Morgan fingerprint density at radius 3 is 1.79 bits per heavy atom. The van der Waals surface area contributed by atoms with Crippen molar-refractivity contribution in [3.05, 3.63) is 105 Å². The first-order valence-corrected chi connectivity index (χ1v) is 9.56. The number of halogens is 3. The number of carbonyl (C=O) groups excluding carboxylic acids is 1. The molecule has 138 valence electrons. The minimum Gasteiger partial charge on any atom is -0.288 e. The number of benzene rings is 3. The SMILES string of the molecule is O=C(c1ccc(Cl)cc1)c1cnn(-c2ccc(Cl)cc2)c1-c1ccc(Cl)cc1. The third kappa shape index (κ3) is 3.69. The molecule has 0 aliphatic rings. The van der Waals surface area contributed by atoms with Crippen LogP contribution in [0.1, 0.15) is 15.9 Å². The fraction of sp³-hybridized carbons (Fsp3) is 0. The standard InChI is InChI=1S/C22H13Cl3N2O/c23-16-5-1-14(2-6-16)21-20(22(28)15-3-7-17(24)8-4-15)13-26-27(21)19-11-9-18(25)10-12-19/h1-13H. The molecule has 6 heteroatoms. The number of rotatable bonds is 4. The largest absolute Gasteiger partial charge is 0.288 e. The number of nitrogens with zero attached hydrogens (tertiary/aromatic N) is 2. The quantitative estimate of drug-likeness (QED) is 0.338. The Kier molecular flexibility index (Phi) is 5.23. The van der Waals surface area contributed by atoms with Crippen LogP contribution < -0.4 is 0 Å². The molecule has 0 fully saturated rings. The average molecular weight is 428 g/mol. The molecule has 0 bridgehead atoms. The molecule has 3 nitrogen and oxygen atoms in total. The molecule has 0 aliphatic heterocycles. The summed E-state index contributed by atoms with van der Waals surface area (Å²) >= 11 is 18.0. The van der Waals surface area contributed by atoms with E-state index in [2.05, 4.69) is 5.10 Å². The van der Waals surface area contributed by atoms with Gasteiger partial charge in [-0.25, -0.2) is 4.68 Å². The third-order valence-electron chi connectivity index (χ3n) is 4.31. The zero-order valence-corrected chi connectivity index (χ0v) is 16.7. The van der Waals surface area contributed by atoms with Crippen molar-refractivity contribution in [2.45, 2.75) is 0 Å². The highest BCUT2D eigenvalue weighted by Crippen LogP contribution is 2.30. The monoisotopic (exact) mass is 426 g/mol. The Bertz CT molecular complexity index is 1130. The van der Waals surface area contributed by atoms with Crippen molar-refractivity contribution in [1.29, 1.82) is 0 Å². The second-order valence-electron chi connectivity index (χ2n) is 6.14.